The SMILES string of the molecule is CC(C)CNC(=O)c1cc([C@@H]2CN(C(=O)c3cnn(C)c3)CCO2)nc2ccccc12. The Morgan fingerprint density at radius 2 is 2.10 bits per heavy atom. The Morgan fingerprint density at radius 1 is 1.29 bits per heavy atom. The zero-order valence-corrected chi connectivity index (χ0v) is 18.0. The van der Waals surface area contributed by atoms with Crippen LogP contribution in [0.25, 0.3) is 10.9 Å². The molecule has 0 unspecified atom stereocenters. The number of nitrogens with one attached hydrogen (secondary N) is 1. The molecule has 1 aliphatic rings. The van der Waals surface area contributed by atoms with Crippen molar-refractivity contribution >= 4 is 22.7 Å². The summed E-state index contributed by atoms with van der Waals surface area (Å²) in [5.74, 6) is 0.134. The Hall–Kier alpha value is -3.26. The van der Waals surface area contributed by atoms with Crippen LogP contribution >= 0.6 is 0 Å². The molecule has 0 saturated carbocycles. The lowest BCUT2D eigenvalue weighted by Gasteiger charge is -2.32. The fourth-order valence-electron chi connectivity index (χ4n) is 3.67. The van der Waals surface area contributed by atoms with E-state index in [1.807, 2.05) is 24.3 Å². The first-order valence-electron chi connectivity index (χ1n) is 10.5. The molecule has 2 amide bonds. The van der Waals surface area contributed by atoms with Gasteiger partial charge in [-0.15, -0.1) is 0 Å². The standard InChI is InChI=1S/C23H27N5O3/c1-15(2)11-24-22(29)18-10-20(26-19-7-5-4-6-17(18)19)21-14-28(8-9-31-21)23(30)16-12-25-27(3)13-16/h4-7,10,12-13,15,21H,8-9,11,14H2,1-3H3,(H,24,29)/t21-/m0/s1. The van der Waals surface area contributed by atoms with Gasteiger partial charge in [-0.3, -0.25) is 14.3 Å². The number of aryl methyl sites for hydroxylation is 1. The predicted octanol–water partition coefficient (Wildman–Crippen LogP) is 2.57. The fourth-order valence-corrected chi connectivity index (χ4v) is 3.67. The van der Waals surface area contributed by atoms with E-state index < -0.39 is 6.10 Å². The molecular weight excluding hydrogens is 394 g/mol. The highest BCUT2D eigenvalue weighted by molar-refractivity contribution is 6.06. The molecule has 0 bridgehead atoms. The second kappa shape index (κ2) is 8.85. The topological polar surface area (TPSA) is 89.4 Å². The first kappa shape index (κ1) is 21.0. The first-order valence-corrected chi connectivity index (χ1v) is 10.5. The van der Waals surface area contributed by atoms with Gasteiger partial charge in [-0.2, -0.15) is 5.10 Å². The lowest BCUT2D eigenvalue weighted by atomic mass is 10.0. The minimum absolute atomic E-state index is 0.0860. The number of carbonyl (C=O) groups is 2. The second-order valence-corrected chi connectivity index (χ2v) is 8.23. The molecule has 0 spiro atoms. The third-order valence-electron chi connectivity index (χ3n) is 5.29. The normalized spacial score (nSPS) is 16.6. The molecule has 1 fully saturated rings. The number of aromatic nitrogens is 3. The lowest BCUT2D eigenvalue weighted by molar-refractivity contribution is -0.0246. The average Bonchev–Trinajstić information content (AvgIpc) is 3.22. The van der Waals surface area contributed by atoms with Crippen molar-refractivity contribution in [2.24, 2.45) is 13.0 Å². The van der Waals surface area contributed by atoms with Crippen molar-refractivity contribution in [1.29, 1.82) is 0 Å². The highest BCUT2D eigenvalue weighted by atomic mass is 16.5. The molecule has 2 aromatic heterocycles. The van der Waals surface area contributed by atoms with E-state index >= 15 is 0 Å². The van der Waals surface area contributed by atoms with Gasteiger partial charge in [0.25, 0.3) is 11.8 Å². The number of fused-ring (bicyclic) bond motifs is 1. The minimum Gasteiger partial charge on any atom is -0.368 e. The van der Waals surface area contributed by atoms with E-state index in [0.29, 0.717) is 49.0 Å². The maximum absolute atomic E-state index is 12.9. The Labute approximate surface area is 181 Å². The highest BCUT2D eigenvalue weighted by Crippen LogP contribution is 2.26. The molecule has 1 N–H and O–H groups in total. The van der Waals surface area contributed by atoms with Gasteiger partial charge in [-0.1, -0.05) is 32.0 Å². The summed E-state index contributed by atoms with van der Waals surface area (Å²) in [7, 11) is 1.78. The zero-order chi connectivity index (χ0) is 22.0. The van der Waals surface area contributed by atoms with Crippen molar-refractivity contribution in [3.8, 4) is 0 Å². The minimum atomic E-state index is -0.407. The fraction of sp³-hybridized carbons (Fsp3) is 0.391. The van der Waals surface area contributed by atoms with Gasteiger partial charge in [-0.05, 0) is 18.1 Å². The molecule has 1 saturated heterocycles. The van der Waals surface area contributed by atoms with Crippen molar-refractivity contribution in [2.45, 2.75) is 20.0 Å². The summed E-state index contributed by atoms with van der Waals surface area (Å²) in [5, 5.41) is 7.87. The van der Waals surface area contributed by atoms with Crippen LogP contribution in [0.15, 0.2) is 42.7 Å². The van der Waals surface area contributed by atoms with Crippen molar-refractivity contribution < 1.29 is 14.3 Å². The van der Waals surface area contributed by atoms with Crippen LogP contribution in [0, 0.1) is 5.92 Å². The Bertz CT molecular complexity index is 1110. The summed E-state index contributed by atoms with van der Waals surface area (Å²) in [6, 6.07) is 9.37. The van der Waals surface area contributed by atoms with E-state index in [9.17, 15) is 9.59 Å². The molecule has 1 atom stereocenters. The highest BCUT2D eigenvalue weighted by Gasteiger charge is 2.28. The van der Waals surface area contributed by atoms with Gasteiger partial charge in [0.2, 0.25) is 0 Å². The molecule has 4 rings (SSSR count). The summed E-state index contributed by atoms with van der Waals surface area (Å²) in [6.45, 7) is 5.98. The molecule has 3 heterocycles. The molecular formula is C23H27N5O3. The summed E-state index contributed by atoms with van der Waals surface area (Å²) < 4.78 is 7.57. The number of nitrogens with zero attached hydrogens (tertiary/aromatic N) is 4. The molecule has 0 radical (unpaired) electrons. The number of para-hydroxylation sites is 1. The smallest absolute Gasteiger partial charge is 0.257 e. The van der Waals surface area contributed by atoms with Crippen molar-refractivity contribution in [2.75, 3.05) is 26.2 Å². The van der Waals surface area contributed by atoms with Gasteiger partial charge in [0, 0.05) is 31.7 Å². The van der Waals surface area contributed by atoms with E-state index in [2.05, 4.69) is 24.3 Å². The van der Waals surface area contributed by atoms with Crippen LogP contribution in [0.2, 0.25) is 0 Å². The van der Waals surface area contributed by atoms with E-state index in [-0.39, 0.29) is 11.8 Å². The van der Waals surface area contributed by atoms with Gasteiger partial charge in [0.05, 0.1) is 41.7 Å². The van der Waals surface area contributed by atoms with Gasteiger partial charge >= 0.3 is 0 Å². The molecule has 8 heteroatoms. The van der Waals surface area contributed by atoms with Crippen LogP contribution in [-0.2, 0) is 11.8 Å². The van der Waals surface area contributed by atoms with Gasteiger partial charge in [0.1, 0.15) is 6.10 Å². The third kappa shape index (κ3) is 4.59. The third-order valence-corrected chi connectivity index (χ3v) is 5.29. The summed E-state index contributed by atoms with van der Waals surface area (Å²) in [6.07, 6.45) is 2.87. The van der Waals surface area contributed by atoms with Crippen LogP contribution in [-0.4, -0.2) is 57.7 Å². The second-order valence-electron chi connectivity index (χ2n) is 8.23. The molecule has 0 aliphatic carbocycles. The van der Waals surface area contributed by atoms with Gasteiger partial charge in [0.15, 0.2) is 0 Å². The number of hydrogen-bond acceptors (Lipinski definition) is 5. The predicted molar refractivity (Wildman–Crippen MR) is 117 cm³/mol. The lowest BCUT2D eigenvalue weighted by Crippen LogP contribution is -2.42. The number of amides is 2. The van der Waals surface area contributed by atoms with Crippen LogP contribution in [0.4, 0.5) is 0 Å². The van der Waals surface area contributed by atoms with E-state index in [4.69, 9.17) is 9.72 Å². The maximum Gasteiger partial charge on any atom is 0.257 e. The molecule has 3 aromatic rings. The molecule has 1 aromatic carbocycles. The molecule has 162 valence electrons. The van der Waals surface area contributed by atoms with E-state index in [1.54, 1.807) is 35.1 Å². The number of benzene rings is 1. The number of ether oxygens (including phenoxy) is 1. The zero-order valence-electron chi connectivity index (χ0n) is 18.0. The maximum atomic E-state index is 12.9. The van der Waals surface area contributed by atoms with Crippen LogP contribution in [0.1, 0.15) is 46.4 Å². The molecule has 8 nitrogen and oxygen atoms in total. The van der Waals surface area contributed by atoms with Gasteiger partial charge in [-0.25, -0.2) is 4.98 Å². The Balaban J connectivity index is 1.62. The van der Waals surface area contributed by atoms with Gasteiger partial charge < -0.3 is 15.0 Å². The average molecular weight is 422 g/mol. The molecule has 1 aliphatic heterocycles. The molecule has 31 heavy (non-hydrogen) atoms. The monoisotopic (exact) mass is 421 g/mol. The number of morpholine rings is 1. The number of rotatable bonds is 5. The number of pyridine rings is 1. The number of hydrogen-bond donors (Lipinski definition) is 1. The van der Waals surface area contributed by atoms with E-state index in [0.717, 1.165) is 10.9 Å². The van der Waals surface area contributed by atoms with E-state index in [1.165, 1.54) is 0 Å². The first-order chi connectivity index (χ1) is 14.9. The van der Waals surface area contributed by atoms with Crippen LogP contribution in [0.3, 0.4) is 0 Å². The quantitative estimate of drug-likeness (QED) is 0.684. The Kier molecular flexibility index (Phi) is 5.99. The van der Waals surface area contributed by atoms with Crippen molar-refractivity contribution in [3.05, 3.63) is 59.5 Å². The van der Waals surface area contributed by atoms with Crippen molar-refractivity contribution in [1.82, 2.24) is 25.0 Å². The Morgan fingerprint density at radius 3 is 2.84 bits per heavy atom. The largest absolute Gasteiger partial charge is 0.368 e. The summed E-state index contributed by atoms with van der Waals surface area (Å²) >= 11 is 0. The van der Waals surface area contributed by atoms with Crippen LogP contribution in [0.5, 0.6) is 0 Å². The van der Waals surface area contributed by atoms with Crippen LogP contribution < -0.4 is 5.32 Å². The van der Waals surface area contributed by atoms with Crippen molar-refractivity contribution in [3.63, 3.8) is 0 Å². The summed E-state index contributed by atoms with van der Waals surface area (Å²) in [4.78, 5) is 32.3. The number of carbonyl (C=O) groups excluding carboxylic acids is 2. The summed E-state index contributed by atoms with van der Waals surface area (Å²) in [5.41, 5.74) is 2.50.